The van der Waals surface area contributed by atoms with E-state index >= 15 is 0 Å². The SMILES string of the molecule is Cc1ccc(N(c2ccc(C(C)C)cc2)c2ccc3c4c(-c5ccccc5)c5c6ccc(N(c7ccc(C)cc7)c7ccc(C(C)C)cc7)c7cccc(c5c(-c5ccccc5)c4c4cccc2c43)c76)cc1. The highest BCUT2D eigenvalue weighted by atomic mass is 15.1. The van der Waals surface area contributed by atoms with Gasteiger partial charge in [0.05, 0.1) is 11.4 Å². The molecule has 13 aromatic carbocycles. The van der Waals surface area contributed by atoms with Crippen LogP contribution in [0.3, 0.4) is 0 Å². The molecule has 0 aliphatic heterocycles. The number of aryl methyl sites for hydroxylation is 2. The minimum atomic E-state index is 0.448. The number of hydrogen-bond donors (Lipinski definition) is 0. The fourth-order valence-electron chi connectivity index (χ4n) is 11.9. The number of nitrogens with zero attached hydrogens (tertiary/aromatic N) is 2. The standard InChI is InChI=1S/C70H56N2/c1-43(2)47-27-35-53(36-28-47)71(51-31-23-45(5)24-32-51)61-41-39-59-65-55(61)19-13-21-57(65)67-63(49-15-9-7-10-16-49)68-58-22-14-20-56-62(42-40-60(66(56)58)70(68)64(69(59)67)50-17-11-8-12-18-50)72(52-33-25-46(6)26-34-52)54-37-29-48(30-38-54)44(3)4/h7-44H,1-6H3. The van der Waals surface area contributed by atoms with Crippen molar-refractivity contribution in [2.24, 2.45) is 0 Å². The van der Waals surface area contributed by atoms with Crippen LogP contribution in [0.4, 0.5) is 34.1 Å². The first-order chi connectivity index (χ1) is 35.2. The Bertz CT molecular complexity index is 3790. The molecule has 0 spiro atoms. The van der Waals surface area contributed by atoms with Crippen LogP contribution in [0.15, 0.2) is 218 Å². The largest absolute Gasteiger partial charge is 0.310 e. The maximum atomic E-state index is 2.46. The van der Waals surface area contributed by atoms with Crippen molar-refractivity contribution in [3.05, 3.63) is 241 Å². The van der Waals surface area contributed by atoms with Crippen LogP contribution < -0.4 is 9.80 Å². The maximum Gasteiger partial charge on any atom is 0.0540 e. The number of rotatable bonds is 10. The third-order valence-corrected chi connectivity index (χ3v) is 15.4. The van der Waals surface area contributed by atoms with Gasteiger partial charge in [-0.05, 0) is 174 Å². The van der Waals surface area contributed by atoms with Crippen LogP contribution in [0.5, 0.6) is 0 Å². The summed E-state index contributed by atoms with van der Waals surface area (Å²) in [7, 11) is 0. The molecule has 0 saturated carbocycles. The van der Waals surface area contributed by atoms with Gasteiger partial charge < -0.3 is 9.80 Å². The van der Waals surface area contributed by atoms with Crippen molar-refractivity contribution in [3.8, 4) is 22.3 Å². The predicted molar refractivity (Wildman–Crippen MR) is 312 cm³/mol. The van der Waals surface area contributed by atoms with E-state index in [0.717, 1.165) is 22.7 Å². The summed E-state index contributed by atoms with van der Waals surface area (Å²) >= 11 is 0. The molecule has 0 fully saturated rings. The Morgan fingerprint density at radius 3 is 0.903 bits per heavy atom. The summed E-state index contributed by atoms with van der Waals surface area (Å²) in [6.45, 7) is 13.4. The number of benzene rings is 11. The monoisotopic (exact) mass is 924 g/mol. The molecule has 72 heavy (non-hydrogen) atoms. The number of fused-ring (bicyclic) bond motifs is 6. The van der Waals surface area contributed by atoms with E-state index in [0.29, 0.717) is 11.8 Å². The molecule has 0 heterocycles. The molecule has 0 aliphatic rings. The van der Waals surface area contributed by atoms with Gasteiger partial charge in [-0.1, -0.05) is 197 Å². The van der Waals surface area contributed by atoms with E-state index in [1.165, 1.54) is 121 Å². The molecule has 0 saturated heterocycles. The van der Waals surface area contributed by atoms with Gasteiger partial charge >= 0.3 is 0 Å². The average molecular weight is 925 g/mol. The summed E-state index contributed by atoms with van der Waals surface area (Å²) in [4.78, 5) is 4.91. The molecule has 0 N–H and O–H groups in total. The summed E-state index contributed by atoms with van der Waals surface area (Å²) in [6, 6.07) is 82.4. The van der Waals surface area contributed by atoms with Gasteiger partial charge in [0.15, 0.2) is 0 Å². The summed E-state index contributed by atoms with van der Waals surface area (Å²) in [6.07, 6.45) is 0. The molecule has 2 nitrogen and oxygen atoms in total. The molecule has 346 valence electrons. The molecular weight excluding hydrogens is 869 g/mol. The Hall–Kier alpha value is -8.46. The highest BCUT2D eigenvalue weighted by Crippen LogP contribution is 2.57. The molecule has 0 radical (unpaired) electrons. The summed E-state index contributed by atoms with van der Waals surface area (Å²) < 4.78 is 0. The highest BCUT2D eigenvalue weighted by molar-refractivity contribution is 6.47. The minimum Gasteiger partial charge on any atom is -0.310 e. The van der Waals surface area contributed by atoms with Gasteiger partial charge in [-0.15, -0.1) is 0 Å². The first-order valence-corrected chi connectivity index (χ1v) is 25.6. The minimum absolute atomic E-state index is 0.448. The Morgan fingerprint density at radius 1 is 0.264 bits per heavy atom. The lowest BCUT2D eigenvalue weighted by molar-refractivity contribution is 0.866. The number of anilines is 6. The zero-order valence-electron chi connectivity index (χ0n) is 41.8. The van der Waals surface area contributed by atoms with Crippen LogP contribution in [0.1, 0.15) is 61.8 Å². The maximum absolute atomic E-state index is 2.46. The normalized spacial score (nSPS) is 12.0. The van der Waals surface area contributed by atoms with E-state index < -0.39 is 0 Å². The zero-order chi connectivity index (χ0) is 48.8. The summed E-state index contributed by atoms with van der Waals surface area (Å²) in [5.41, 5.74) is 17.1. The van der Waals surface area contributed by atoms with Crippen molar-refractivity contribution >= 4 is 98.8 Å². The molecule has 0 bridgehead atoms. The van der Waals surface area contributed by atoms with Crippen molar-refractivity contribution in [3.63, 3.8) is 0 Å². The van der Waals surface area contributed by atoms with E-state index in [1.54, 1.807) is 0 Å². The van der Waals surface area contributed by atoms with Crippen LogP contribution in [-0.4, -0.2) is 0 Å². The molecule has 13 aromatic rings. The Labute approximate surface area is 422 Å². The Balaban J connectivity index is 1.16. The van der Waals surface area contributed by atoms with Crippen LogP contribution in [0.25, 0.3) is 86.9 Å². The second-order valence-electron chi connectivity index (χ2n) is 20.5. The van der Waals surface area contributed by atoms with Crippen molar-refractivity contribution in [1.29, 1.82) is 0 Å². The van der Waals surface area contributed by atoms with Crippen LogP contribution in [0, 0.1) is 13.8 Å². The molecular formula is C70H56N2. The predicted octanol–water partition coefficient (Wildman–Crippen LogP) is 20.6. The van der Waals surface area contributed by atoms with E-state index in [9.17, 15) is 0 Å². The second kappa shape index (κ2) is 17.1. The number of hydrogen-bond acceptors (Lipinski definition) is 2. The Morgan fingerprint density at radius 2 is 0.569 bits per heavy atom. The fourth-order valence-corrected chi connectivity index (χ4v) is 11.9. The lowest BCUT2D eigenvalue weighted by Crippen LogP contribution is -2.10. The molecule has 0 aromatic heterocycles. The topological polar surface area (TPSA) is 6.48 Å². The average Bonchev–Trinajstić information content (AvgIpc) is 3.93. The first kappa shape index (κ1) is 43.6. The van der Waals surface area contributed by atoms with Crippen LogP contribution in [-0.2, 0) is 0 Å². The van der Waals surface area contributed by atoms with E-state index in [-0.39, 0.29) is 0 Å². The van der Waals surface area contributed by atoms with Gasteiger partial charge in [-0.25, -0.2) is 0 Å². The lowest BCUT2D eigenvalue weighted by atomic mass is 9.87. The van der Waals surface area contributed by atoms with E-state index in [2.05, 4.69) is 270 Å². The van der Waals surface area contributed by atoms with Gasteiger partial charge in [0.2, 0.25) is 0 Å². The Kier molecular flexibility index (Phi) is 10.4. The van der Waals surface area contributed by atoms with Crippen molar-refractivity contribution in [2.75, 3.05) is 9.80 Å². The molecule has 2 heteroatoms. The van der Waals surface area contributed by atoms with E-state index in [1.807, 2.05) is 0 Å². The van der Waals surface area contributed by atoms with Gasteiger partial charge in [0, 0.05) is 33.5 Å². The van der Waals surface area contributed by atoms with Gasteiger partial charge in [0.25, 0.3) is 0 Å². The van der Waals surface area contributed by atoms with Crippen LogP contribution in [0.2, 0.25) is 0 Å². The molecule has 0 atom stereocenters. The fraction of sp³-hybridized carbons (Fsp3) is 0.114. The van der Waals surface area contributed by atoms with Gasteiger partial charge in [-0.2, -0.15) is 0 Å². The van der Waals surface area contributed by atoms with Gasteiger partial charge in [-0.3, -0.25) is 0 Å². The molecule has 13 rings (SSSR count). The smallest absolute Gasteiger partial charge is 0.0540 e. The van der Waals surface area contributed by atoms with Crippen LogP contribution >= 0.6 is 0 Å². The third-order valence-electron chi connectivity index (χ3n) is 15.4. The quantitative estimate of drug-likeness (QED) is 0.135. The first-order valence-electron chi connectivity index (χ1n) is 25.6. The van der Waals surface area contributed by atoms with Crippen molar-refractivity contribution in [2.45, 2.75) is 53.4 Å². The highest BCUT2D eigenvalue weighted by Gasteiger charge is 2.30. The third kappa shape index (κ3) is 6.84. The van der Waals surface area contributed by atoms with E-state index in [4.69, 9.17) is 0 Å². The summed E-state index contributed by atoms with van der Waals surface area (Å²) in [5.74, 6) is 0.895. The van der Waals surface area contributed by atoms with Crippen molar-refractivity contribution in [1.82, 2.24) is 0 Å². The van der Waals surface area contributed by atoms with Gasteiger partial charge in [0.1, 0.15) is 0 Å². The summed E-state index contributed by atoms with van der Waals surface area (Å²) in [5, 5.41) is 15.4. The molecule has 0 unspecified atom stereocenters. The van der Waals surface area contributed by atoms with Crippen molar-refractivity contribution < 1.29 is 0 Å². The molecule has 0 amide bonds. The second-order valence-corrected chi connectivity index (χ2v) is 20.5. The lowest BCUT2D eigenvalue weighted by Gasteiger charge is -2.27. The molecule has 0 aliphatic carbocycles. The zero-order valence-corrected chi connectivity index (χ0v) is 41.8.